The van der Waals surface area contributed by atoms with Gasteiger partial charge in [0.1, 0.15) is 29.0 Å². The molecule has 0 fully saturated rings. The van der Waals surface area contributed by atoms with E-state index in [0.29, 0.717) is 18.6 Å². The second-order valence-corrected chi connectivity index (χ2v) is 6.09. The van der Waals surface area contributed by atoms with Crippen LogP contribution in [0, 0.1) is 17.6 Å². The molecular weight excluding hydrogens is 356 g/mol. The molecule has 0 amide bonds. The van der Waals surface area contributed by atoms with Crippen molar-refractivity contribution in [1.29, 1.82) is 0 Å². The summed E-state index contributed by atoms with van der Waals surface area (Å²) in [4.78, 5) is 14.8. The summed E-state index contributed by atoms with van der Waals surface area (Å²) < 4.78 is 38.2. The SMILES string of the molecule is CC(C)COc1ncc(OCc2cc(F)c(C(=O)O)cc2F)cc1Cl. The van der Waals surface area contributed by atoms with E-state index >= 15 is 0 Å². The van der Waals surface area contributed by atoms with Crippen molar-refractivity contribution in [2.45, 2.75) is 20.5 Å². The fourth-order valence-electron chi connectivity index (χ4n) is 1.86. The van der Waals surface area contributed by atoms with E-state index in [1.807, 2.05) is 13.8 Å². The lowest BCUT2D eigenvalue weighted by atomic mass is 10.1. The molecule has 0 unspecified atom stereocenters. The summed E-state index contributed by atoms with van der Waals surface area (Å²) in [5.41, 5.74) is -0.864. The molecule has 1 aromatic heterocycles. The third kappa shape index (κ3) is 5.03. The maximum Gasteiger partial charge on any atom is 0.338 e. The van der Waals surface area contributed by atoms with Gasteiger partial charge in [0.05, 0.1) is 18.4 Å². The van der Waals surface area contributed by atoms with E-state index in [4.69, 9.17) is 26.2 Å². The first-order chi connectivity index (χ1) is 11.8. The highest BCUT2D eigenvalue weighted by atomic mass is 35.5. The second kappa shape index (κ2) is 8.11. The summed E-state index contributed by atoms with van der Waals surface area (Å²) in [5.74, 6) is -2.66. The number of ether oxygens (including phenoxy) is 2. The van der Waals surface area contributed by atoms with Gasteiger partial charge >= 0.3 is 5.97 Å². The number of aromatic carboxylic acids is 1. The molecule has 25 heavy (non-hydrogen) atoms. The Morgan fingerprint density at radius 1 is 1.24 bits per heavy atom. The second-order valence-electron chi connectivity index (χ2n) is 5.68. The van der Waals surface area contributed by atoms with Crippen LogP contribution in [-0.2, 0) is 6.61 Å². The van der Waals surface area contributed by atoms with Gasteiger partial charge in [-0.1, -0.05) is 25.4 Å². The van der Waals surface area contributed by atoms with Crippen LogP contribution in [0.1, 0.15) is 29.8 Å². The quantitative estimate of drug-likeness (QED) is 0.784. The molecule has 0 atom stereocenters. The number of pyridine rings is 1. The molecule has 1 N–H and O–H groups in total. The minimum absolute atomic E-state index is 0.126. The number of hydrogen-bond acceptors (Lipinski definition) is 4. The first-order valence-corrected chi connectivity index (χ1v) is 7.78. The molecule has 2 aromatic rings. The largest absolute Gasteiger partial charge is 0.487 e. The normalized spacial score (nSPS) is 10.8. The van der Waals surface area contributed by atoms with Crippen molar-refractivity contribution in [3.05, 3.63) is 52.2 Å². The number of hydrogen-bond donors (Lipinski definition) is 1. The van der Waals surface area contributed by atoms with E-state index in [1.54, 1.807) is 0 Å². The van der Waals surface area contributed by atoms with Gasteiger partial charge in [-0.15, -0.1) is 0 Å². The third-order valence-electron chi connectivity index (χ3n) is 3.10. The Bertz CT molecular complexity index is 783. The Morgan fingerprint density at radius 3 is 2.56 bits per heavy atom. The fourth-order valence-corrected chi connectivity index (χ4v) is 2.07. The highest BCUT2D eigenvalue weighted by molar-refractivity contribution is 6.31. The molecule has 0 saturated heterocycles. The van der Waals surface area contributed by atoms with Gasteiger partial charge in [0.15, 0.2) is 0 Å². The zero-order valence-electron chi connectivity index (χ0n) is 13.6. The molecule has 0 spiro atoms. The maximum atomic E-state index is 13.8. The predicted octanol–water partition coefficient (Wildman–Crippen LogP) is 4.33. The van der Waals surface area contributed by atoms with E-state index in [0.717, 1.165) is 6.07 Å². The van der Waals surface area contributed by atoms with Crippen LogP contribution in [0.15, 0.2) is 24.4 Å². The molecule has 1 heterocycles. The van der Waals surface area contributed by atoms with E-state index in [9.17, 15) is 13.6 Å². The number of benzene rings is 1. The molecule has 5 nitrogen and oxygen atoms in total. The van der Waals surface area contributed by atoms with Gasteiger partial charge in [0.2, 0.25) is 5.88 Å². The van der Waals surface area contributed by atoms with Crippen LogP contribution in [0.25, 0.3) is 0 Å². The van der Waals surface area contributed by atoms with E-state index < -0.39 is 23.2 Å². The van der Waals surface area contributed by atoms with Gasteiger partial charge in [0.25, 0.3) is 0 Å². The van der Waals surface area contributed by atoms with Gasteiger partial charge < -0.3 is 14.6 Å². The molecule has 0 aliphatic rings. The van der Waals surface area contributed by atoms with E-state index in [1.165, 1.54) is 12.3 Å². The minimum Gasteiger partial charge on any atom is -0.487 e. The molecule has 2 rings (SSSR count). The van der Waals surface area contributed by atoms with Crippen molar-refractivity contribution < 1.29 is 28.2 Å². The fraction of sp³-hybridized carbons (Fsp3) is 0.294. The average molecular weight is 372 g/mol. The van der Waals surface area contributed by atoms with Crippen LogP contribution in [0.3, 0.4) is 0 Å². The topological polar surface area (TPSA) is 68.7 Å². The van der Waals surface area contributed by atoms with Crippen molar-refractivity contribution in [3.8, 4) is 11.6 Å². The number of nitrogens with zero attached hydrogens (tertiary/aromatic N) is 1. The highest BCUT2D eigenvalue weighted by Crippen LogP contribution is 2.27. The molecule has 0 aliphatic carbocycles. The van der Waals surface area contributed by atoms with Gasteiger partial charge in [0, 0.05) is 11.6 Å². The number of carboxylic acid groups (broad SMARTS) is 1. The summed E-state index contributed by atoms with van der Waals surface area (Å²) in [6.45, 7) is 4.10. The molecule has 0 bridgehead atoms. The van der Waals surface area contributed by atoms with Gasteiger partial charge in [-0.3, -0.25) is 0 Å². The van der Waals surface area contributed by atoms with Crippen molar-refractivity contribution in [3.63, 3.8) is 0 Å². The van der Waals surface area contributed by atoms with Gasteiger partial charge in [-0.05, 0) is 18.1 Å². The third-order valence-corrected chi connectivity index (χ3v) is 3.37. The lowest BCUT2D eigenvalue weighted by Gasteiger charge is -2.11. The van der Waals surface area contributed by atoms with Gasteiger partial charge in [-0.25, -0.2) is 18.6 Å². The number of aromatic nitrogens is 1. The molecule has 0 aliphatic heterocycles. The van der Waals surface area contributed by atoms with Crippen molar-refractivity contribution in [1.82, 2.24) is 4.98 Å². The Kier molecular flexibility index (Phi) is 6.14. The Hall–Kier alpha value is -2.41. The number of carboxylic acids is 1. The summed E-state index contributed by atoms with van der Waals surface area (Å²) >= 11 is 6.04. The van der Waals surface area contributed by atoms with Gasteiger partial charge in [-0.2, -0.15) is 0 Å². The Labute approximate surface area is 148 Å². The van der Waals surface area contributed by atoms with Crippen molar-refractivity contribution in [2.75, 3.05) is 6.61 Å². The summed E-state index contributed by atoms with van der Waals surface area (Å²) in [5, 5.41) is 8.98. The molecule has 8 heteroatoms. The number of halogens is 3. The first-order valence-electron chi connectivity index (χ1n) is 7.40. The molecule has 0 radical (unpaired) electrons. The molecule has 1 aromatic carbocycles. The standard InChI is InChI=1S/C17H16ClF2NO4/c1-9(2)7-25-16-13(18)4-11(6-21-16)24-8-10-3-15(20)12(17(22)23)5-14(10)19/h3-6,9H,7-8H2,1-2H3,(H,22,23). The van der Waals surface area contributed by atoms with Crippen LogP contribution in [0.2, 0.25) is 5.02 Å². The monoisotopic (exact) mass is 371 g/mol. The van der Waals surface area contributed by atoms with Crippen LogP contribution >= 0.6 is 11.6 Å². The zero-order chi connectivity index (χ0) is 18.6. The Morgan fingerprint density at radius 2 is 1.96 bits per heavy atom. The summed E-state index contributed by atoms with van der Waals surface area (Å²) in [6, 6.07) is 2.85. The number of rotatable bonds is 7. The summed E-state index contributed by atoms with van der Waals surface area (Å²) in [7, 11) is 0. The maximum absolute atomic E-state index is 13.8. The highest BCUT2D eigenvalue weighted by Gasteiger charge is 2.16. The van der Waals surface area contributed by atoms with Crippen molar-refractivity contribution in [2.24, 2.45) is 5.92 Å². The van der Waals surface area contributed by atoms with Crippen LogP contribution < -0.4 is 9.47 Å². The predicted molar refractivity (Wildman–Crippen MR) is 87.2 cm³/mol. The van der Waals surface area contributed by atoms with Crippen LogP contribution in [0.5, 0.6) is 11.6 Å². The van der Waals surface area contributed by atoms with E-state index in [2.05, 4.69) is 4.98 Å². The Balaban J connectivity index is 2.07. The smallest absolute Gasteiger partial charge is 0.338 e. The van der Waals surface area contributed by atoms with Crippen LogP contribution in [0.4, 0.5) is 8.78 Å². The minimum atomic E-state index is -1.54. The lowest BCUT2D eigenvalue weighted by molar-refractivity contribution is 0.0691. The zero-order valence-corrected chi connectivity index (χ0v) is 14.3. The van der Waals surface area contributed by atoms with Crippen LogP contribution in [-0.4, -0.2) is 22.7 Å². The lowest BCUT2D eigenvalue weighted by Crippen LogP contribution is -2.07. The average Bonchev–Trinajstić information content (AvgIpc) is 2.54. The number of carbonyl (C=O) groups is 1. The molecule has 134 valence electrons. The molecule has 0 saturated carbocycles. The molecular formula is C17H16ClF2NO4. The van der Waals surface area contributed by atoms with Crippen molar-refractivity contribution >= 4 is 17.6 Å². The first kappa shape index (κ1) is 18.9. The van der Waals surface area contributed by atoms with E-state index in [-0.39, 0.29) is 28.8 Å². The summed E-state index contributed by atoms with van der Waals surface area (Å²) in [6.07, 6.45) is 1.35.